The first-order chi connectivity index (χ1) is 13.4. The summed E-state index contributed by atoms with van der Waals surface area (Å²) in [6.07, 6.45) is 2.35. The Kier molecular flexibility index (Phi) is 9.06. The highest BCUT2D eigenvalue weighted by Crippen LogP contribution is 2.17. The Labute approximate surface area is 171 Å². The van der Waals surface area contributed by atoms with Crippen molar-refractivity contribution in [3.05, 3.63) is 29.8 Å². The van der Waals surface area contributed by atoms with Crippen LogP contribution in [0.3, 0.4) is 0 Å². The van der Waals surface area contributed by atoms with Crippen molar-refractivity contribution in [3.8, 4) is 0 Å². The van der Waals surface area contributed by atoms with E-state index in [1.807, 2.05) is 7.05 Å². The van der Waals surface area contributed by atoms with Gasteiger partial charge in [0.1, 0.15) is 0 Å². The number of hydrogen-bond donors (Lipinski definition) is 2. The Balaban J connectivity index is 1.58. The molecule has 6 nitrogen and oxygen atoms in total. The van der Waals surface area contributed by atoms with E-state index in [1.54, 1.807) is 7.11 Å². The van der Waals surface area contributed by atoms with E-state index >= 15 is 0 Å². The van der Waals surface area contributed by atoms with Crippen LogP contribution in [0.1, 0.15) is 32.3 Å². The zero-order valence-corrected chi connectivity index (χ0v) is 18.4. The Morgan fingerprint density at radius 3 is 2.54 bits per heavy atom. The molecule has 0 saturated carbocycles. The van der Waals surface area contributed by atoms with Gasteiger partial charge >= 0.3 is 0 Å². The lowest BCUT2D eigenvalue weighted by Gasteiger charge is -2.36. The third-order valence-electron chi connectivity index (χ3n) is 5.39. The normalized spacial score (nSPS) is 16.3. The molecule has 6 heteroatoms. The van der Waals surface area contributed by atoms with Crippen molar-refractivity contribution in [2.75, 3.05) is 64.9 Å². The number of ether oxygens (including phenoxy) is 1. The van der Waals surface area contributed by atoms with Gasteiger partial charge in [0.15, 0.2) is 5.96 Å². The third kappa shape index (κ3) is 7.68. The molecule has 0 spiro atoms. The molecule has 0 bridgehead atoms. The van der Waals surface area contributed by atoms with Gasteiger partial charge in [-0.05, 0) is 57.9 Å². The first-order valence-corrected chi connectivity index (χ1v) is 10.5. The number of methoxy groups -OCH3 is 1. The number of benzene rings is 1. The van der Waals surface area contributed by atoms with Gasteiger partial charge in [-0.3, -0.25) is 9.89 Å². The highest BCUT2D eigenvalue weighted by Gasteiger charge is 2.17. The largest absolute Gasteiger partial charge is 0.377 e. The van der Waals surface area contributed by atoms with Gasteiger partial charge in [0.25, 0.3) is 0 Å². The quantitative estimate of drug-likeness (QED) is 0.386. The standard InChI is InChI=1S/C22H39N5O/c1-19-9-8-10-20(17-19)27-15-13-26(14-16-27)12-7-6-11-24-21(23-4)25-18-22(2,3)28-5/h8-10,17H,6-7,11-16,18H2,1-5H3,(H2,23,24,25). The predicted octanol–water partition coefficient (Wildman–Crippen LogP) is 2.49. The van der Waals surface area contributed by atoms with E-state index in [0.717, 1.165) is 51.6 Å². The van der Waals surface area contributed by atoms with Gasteiger partial charge in [0.2, 0.25) is 0 Å². The molecule has 1 aromatic rings. The molecule has 2 N–H and O–H groups in total. The number of rotatable bonds is 9. The molecule has 0 atom stereocenters. The summed E-state index contributed by atoms with van der Waals surface area (Å²) in [5, 5.41) is 6.72. The van der Waals surface area contributed by atoms with Crippen LogP contribution < -0.4 is 15.5 Å². The second-order valence-corrected chi connectivity index (χ2v) is 8.19. The molecule has 0 aromatic heterocycles. The van der Waals surface area contributed by atoms with Crippen LogP contribution in [0, 0.1) is 6.92 Å². The molecular weight excluding hydrogens is 350 g/mol. The van der Waals surface area contributed by atoms with Crippen LogP contribution in [0.2, 0.25) is 0 Å². The summed E-state index contributed by atoms with van der Waals surface area (Å²) in [5.41, 5.74) is 2.50. The summed E-state index contributed by atoms with van der Waals surface area (Å²) >= 11 is 0. The summed E-state index contributed by atoms with van der Waals surface area (Å²) in [5.74, 6) is 0.844. The van der Waals surface area contributed by atoms with E-state index < -0.39 is 0 Å². The molecule has 0 aliphatic carbocycles. The first kappa shape index (κ1) is 22.5. The van der Waals surface area contributed by atoms with Crippen LogP contribution in [-0.4, -0.2) is 76.4 Å². The summed E-state index contributed by atoms with van der Waals surface area (Å²) < 4.78 is 5.43. The molecule has 1 saturated heterocycles. The zero-order chi connectivity index (χ0) is 20.4. The van der Waals surface area contributed by atoms with Crippen molar-refractivity contribution in [3.63, 3.8) is 0 Å². The molecular formula is C22H39N5O. The maximum absolute atomic E-state index is 5.43. The molecule has 0 radical (unpaired) electrons. The zero-order valence-electron chi connectivity index (χ0n) is 18.4. The van der Waals surface area contributed by atoms with Crippen LogP contribution in [-0.2, 0) is 4.74 Å². The smallest absolute Gasteiger partial charge is 0.191 e. The molecule has 2 rings (SSSR count). The average Bonchev–Trinajstić information content (AvgIpc) is 2.70. The molecule has 0 unspecified atom stereocenters. The predicted molar refractivity (Wildman–Crippen MR) is 120 cm³/mol. The third-order valence-corrected chi connectivity index (χ3v) is 5.39. The first-order valence-electron chi connectivity index (χ1n) is 10.5. The van der Waals surface area contributed by atoms with Crippen molar-refractivity contribution in [2.45, 2.75) is 39.2 Å². The van der Waals surface area contributed by atoms with Gasteiger partial charge < -0.3 is 20.3 Å². The van der Waals surface area contributed by atoms with E-state index in [9.17, 15) is 0 Å². The van der Waals surface area contributed by atoms with Crippen LogP contribution in [0.4, 0.5) is 5.69 Å². The van der Waals surface area contributed by atoms with Crippen LogP contribution >= 0.6 is 0 Å². The minimum Gasteiger partial charge on any atom is -0.377 e. The second kappa shape index (κ2) is 11.3. The highest BCUT2D eigenvalue weighted by molar-refractivity contribution is 5.79. The van der Waals surface area contributed by atoms with Crippen molar-refractivity contribution >= 4 is 11.6 Å². The maximum atomic E-state index is 5.43. The van der Waals surface area contributed by atoms with Gasteiger partial charge in [0, 0.05) is 59.1 Å². The van der Waals surface area contributed by atoms with Gasteiger partial charge in [-0.2, -0.15) is 0 Å². The topological polar surface area (TPSA) is 52.1 Å². The number of nitrogens with zero attached hydrogens (tertiary/aromatic N) is 3. The average molecular weight is 390 g/mol. The SMILES string of the molecule is CN=C(NCCCCN1CCN(c2cccc(C)c2)CC1)NCC(C)(C)OC. The van der Waals surface area contributed by atoms with E-state index in [0.29, 0.717) is 0 Å². The highest BCUT2D eigenvalue weighted by atomic mass is 16.5. The Hall–Kier alpha value is -1.79. The van der Waals surface area contributed by atoms with Crippen LogP contribution in [0.15, 0.2) is 29.3 Å². The number of piperazine rings is 1. The van der Waals surface area contributed by atoms with Crippen LogP contribution in [0.25, 0.3) is 0 Å². The van der Waals surface area contributed by atoms with Crippen LogP contribution in [0.5, 0.6) is 0 Å². The fourth-order valence-electron chi connectivity index (χ4n) is 3.31. The number of unbranched alkanes of at least 4 members (excludes halogenated alkanes) is 1. The van der Waals surface area contributed by atoms with E-state index in [2.05, 4.69) is 70.5 Å². The number of anilines is 1. The maximum Gasteiger partial charge on any atom is 0.191 e. The fourth-order valence-corrected chi connectivity index (χ4v) is 3.31. The number of guanidine groups is 1. The number of hydrogen-bond acceptors (Lipinski definition) is 4. The van der Waals surface area contributed by atoms with Crippen molar-refractivity contribution < 1.29 is 4.74 Å². The molecule has 1 fully saturated rings. The summed E-state index contributed by atoms with van der Waals surface area (Å²) in [7, 11) is 3.54. The summed E-state index contributed by atoms with van der Waals surface area (Å²) in [6.45, 7) is 13.7. The monoisotopic (exact) mass is 389 g/mol. The molecule has 28 heavy (non-hydrogen) atoms. The summed E-state index contributed by atoms with van der Waals surface area (Å²) in [6, 6.07) is 8.83. The number of aliphatic imine (C=N–C) groups is 1. The van der Waals surface area contributed by atoms with Gasteiger partial charge in [-0.25, -0.2) is 0 Å². The molecule has 1 aromatic carbocycles. The second-order valence-electron chi connectivity index (χ2n) is 8.19. The Morgan fingerprint density at radius 1 is 1.14 bits per heavy atom. The van der Waals surface area contributed by atoms with Crippen molar-refractivity contribution in [1.82, 2.24) is 15.5 Å². The van der Waals surface area contributed by atoms with Crippen molar-refractivity contribution in [1.29, 1.82) is 0 Å². The van der Waals surface area contributed by atoms with Gasteiger partial charge in [-0.15, -0.1) is 0 Å². The van der Waals surface area contributed by atoms with Gasteiger partial charge in [0.05, 0.1) is 5.60 Å². The lowest BCUT2D eigenvalue weighted by atomic mass is 10.1. The van der Waals surface area contributed by atoms with E-state index in [1.165, 1.54) is 24.2 Å². The molecule has 1 heterocycles. The number of aryl methyl sites for hydroxylation is 1. The Morgan fingerprint density at radius 2 is 1.89 bits per heavy atom. The molecule has 158 valence electrons. The molecule has 1 aliphatic heterocycles. The van der Waals surface area contributed by atoms with Gasteiger partial charge in [-0.1, -0.05) is 12.1 Å². The van der Waals surface area contributed by atoms with E-state index in [4.69, 9.17) is 4.74 Å². The lowest BCUT2D eigenvalue weighted by Crippen LogP contribution is -2.47. The fraction of sp³-hybridized carbons (Fsp3) is 0.682. The number of nitrogens with one attached hydrogen (secondary N) is 2. The Bertz CT molecular complexity index is 609. The summed E-state index contributed by atoms with van der Waals surface area (Å²) in [4.78, 5) is 9.37. The minimum absolute atomic E-state index is 0.196. The lowest BCUT2D eigenvalue weighted by molar-refractivity contribution is 0.0268. The molecule has 1 aliphatic rings. The van der Waals surface area contributed by atoms with Crippen molar-refractivity contribution in [2.24, 2.45) is 4.99 Å². The minimum atomic E-state index is -0.196. The van der Waals surface area contributed by atoms with E-state index in [-0.39, 0.29) is 5.60 Å². The molecule has 0 amide bonds.